The maximum absolute atomic E-state index is 5.91. The average molecular weight is 417 g/mol. The third-order valence-electron chi connectivity index (χ3n) is 5.48. The summed E-state index contributed by atoms with van der Waals surface area (Å²) in [5.74, 6) is 1.89. The Hall–Kier alpha value is -2.74. The number of benzene rings is 3. The van der Waals surface area contributed by atoms with Crippen molar-refractivity contribution in [3.63, 3.8) is 0 Å². The SMILES string of the molecule is CCCCCCCCOc1ccc(-c2ccc(-c3cccc(OCCC)c3)cc2)cc1. The molecule has 31 heavy (non-hydrogen) atoms. The number of unbranched alkanes of at least 4 members (excludes halogenated alkanes) is 5. The molecular weight excluding hydrogens is 380 g/mol. The predicted octanol–water partition coefficient (Wildman–Crippen LogP) is 8.55. The van der Waals surface area contributed by atoms with Gasteiger partial charge in [-0.2, -0.15) is 0 Å². The Bertz CT molecular complexity index is 881. The van der Waals surface area contributed by atoms with Crippen molar-refractivity contribution in [2.24, 2.45) is 0 Å². The highest BCUT2D eigenvalue weighted by Gasteiger charge is 2.03. The molecule has 2 nitrogen and oxygen atoms in total. The van der Waals surface area contributed by atoms with E-state index in [0.29, 0.717) is 0 Å². The summed E-state index contributed by atoms with van der Waals surface area (Å²) in [6, 6.07) is 25.5. The summed E-state index contributed by atoms with van der Waals surface area (Å²) < 4.78 is 11.7. The molecule has 3 rings (SSSR count). The fraction of sp³-hybridized carbons (Fsp3) is 0.379. The van der Waals surface area contributed by atoms with E-state index < -0.39 is 0 Å². The Kier molecular flexibility index (Phi) is 9.50. The van der Waals surface area contributed by atoms with Crippen molar-refractivity contribution in [3.8, 4) is 33.8 Å². The molecule has 0 N–H and O–H groups in total. The molecule has 3 aromatic rings. The van der Waals surface area contributed by atoms with Crippen LogP contribution in [0.3, 0.4) is 0 Å². The lowest BCUT2D eigenvalue weighted by Crippen LogP contribution is -1.97. The minimum absolute atomic E-state index is 0.751. The fourth-order valence-electron chi connectivity index (χ4n) is 3.66. The Morgan fingerprint density at radius 1 is 0.484 bits per heavy atom. The number of hydrogen-bond acceptors (Lipinski definition) is 2. The Labute approximate surface area is 188 Å². The second kappa shape index (κ2) is 12.8. The van der Waals surface area contributed by atoms with Gasteiger partial charge in [0.1, 0.15) is 11.5 Å². The lowest BCUT2D eigenvalue weighted by atomic mass is 10.00. The quantitative estimate of drug-likeness (QED) is 0.260. The molecule has 0 saturated carbocycles. The van der Waals surface area contributed by atoms with Crippen LogP contribution in [0.5, 0.6) is 11.5 Å². The largest absolute Gasteiger partial charge is 0.494 e. The number of rotatable bonds is 13. The minimum Gasteiger partial charge on any atom is -0.494 e. The summed E-state index contributed by atoms with van der Waals surface area (Å²) >= 11 is 0. The van der Waals surface area contributed by atoms with Crippen LogP contribution in [0.4, 0.5) is 0 Å². The van der Waals surface area contributed by atoms with Gasteiger partial charge in [-0.15, -0.1) is 0 Å². The molecule has 0 fully saturated rings. The highest BCUT2D eigenvalue weighted by atomic mass is 16.5. The molecule has 0 heterocycles. The zero-order valence-corrected chi connectivity index (χ0v) is 19.1. The number of hydrogen-bond donors (Lipinski definition) is 0. The molecule has 0 aromatic heterocycles. The van der Waals surface area contributed by atoms with Crippen molar-refractivity contribution in [1.29, 1.82) is 0 Å². The third kappa shape index (κ3) is 7.47. The van der Waals surface area contributed by atoms with E-state index in [2.05, 4.69) is 80.6 Å². The third-order valence-corrected chi connectivity index (χ3v) is 5.48. The topological polar surface area (TPSA) is 18.5 Å². The molecule has 0 amide bonds. The molecule has 2 heteroatoms. The molecule has 0 atom stereocenters. The molecular formula is C29H36O2. The highest BCUT2D eigenvalue weighted by Crippen LogP contribution is 2.28. The molecule has 0 aliphatic heterocycles. The van der Waals surface area contributed by atoms with E-state index in [1.54, 1.807) is 0 Å². The van der Waals surface area contributed by atoms with E-state index in [1.165, 1.54) is 54.4 Å². The van der Waals surface area contributed by atoms with Gasteiger partial charge in [-0.1, -0.05) is 94.5 Å². The summed E-state index contributed by atoms with van der Waals surface area (Å²) in [7, 11) is 0. The summed E-state index contributed by atoms with van der Waals surface area (Å²) in [6.07, 6.45) is 8.73. The first-order valence-corrected chi connectivity index (χ1v) is 11.9. The van der Waals surface area contributed by atoms with E-state index in [9.17, 15) is 0 Å². The Morgan fingerprint density at radius 3 is 1.74 bits per heavy atom. The van der Waals surface area contributed by atoms with E-state index in [-0.39, 0.29) is 0 Å². The molecule has 0 aliphatic rings. The summed E-state index contributed by atoms with van der Waals surface area (Å²) in [5, 5.41) is 0. The maximum Gasteiger partial charge on any atom is 0.119 e. The van der Waals surface area contributed by atoms with Crippen molar-refractivity contribution in [2.75, 3.05) is 13.2 Å². The van der Waals surface area contributed by atoms with Gasteiger partial charge in [-0.25, -0.2) is 0 Å². The van der Waals surface area contributed by atoms with Gasteiger partial charge in [0.2, 0.25) is 0 Å². The molecule has 0 bridgehead atoms. The standard InChI is InChI=1S/C29H36O2/c1-3-5-6-7-8-9-22-31-28-19-17-25(18-20-28)24-13-15-26(16-14-24)27-11-10-12-29(23-27)30-21-4-2/h10-20,23H,3-9,21-22H2,1-2H3. The van der Waals surface area contributed by atoms with Crippen LogP contribution < -0.4 is 9.47 Å². The van der Waals surface area contributed by atoms with Crippen molar-refractivity contribution in [3.05, 3.63) is 72.8 Å². The van der Waals surface area contributed by atoms with Crippen LogP contribution in [0, 0.1) is 0 Å². The summed E-state index contributed by atoms with van der Waals surface area (Å²) in [6.45, 7) is 5.93. The van der Waals surface area contributed by atoms with Crippen LogP contribution in [0.1, 0.15) is 58.8 Å². The smallest absolute Gasteiger partial charge is 0.119 e. The first-order valence-electron chi connectivity index (χ1n) is 11.9. The van der Waals surface area contributed by atoms with Crippen molar-refractivity contribution in [1.82, 2.24) is 0 Å². The zero-order valence-electron chi connectivity index (χ0n) is 19.1. The van der Waals surface area contributed by atoms with Crippen LogP contribution in [0.15, 0.2) is 72.8 Å². The van der Waals surface area contributed by atoms with Crippen LogP contribution >= 0.6 is 0 Å². The predicted molar refractivity (Wildman–Crippen MR) is 132 cm³/mol. The summed E-state index contributed by atoms with van der Waals surface area (Å²) in [5.41, 5.74) is 4.80. The van der Waals surface area contributed by atoms with Crippen molar-refractivity contribution in [2.45, 2.75) is 58.8 Å². The first kappa shape index (κ1) is 22.9. The van der Waals surface area contributed by atoms with E-state index in [0.717, 1.165) is 37.6 Å². The van der Waals surface area contributed by atoms with Crippen molar-refractivity contribution < 1.29 is 9.47 Å². The van der Waals surface area contributed by atoms with Gasteiger partial charge >= 0.3 is 0 Å². The maximum atomic E-state index is 5.91. The lowest BCUT2D eigenvalue weighted by Gasteiger charge is -2.09. The summed E-state index contributed by atoms with van der Waals surface area (Å²) in [4.78, 5) is 0. The van der Waals surface area contributed by atoms with E-state index in [1.807, 2.05) is 6.07 Å². The van der Waals surface area contributed by atoms with Gasteiger partial charge < -0.3 is 9.47 Å². The zero-order chi connectivity index (χ0) is 21.7. The average Bonchev–Trinajstić information content (AvgIpc) is 2.83. The molecule has 164 valence electrons. The van der Waals surface area contributed by atoms with Gasteiger partial charge in [0, 0.05) is 0 Å². The number of ether oxygens (including phenoxy) is 2. The van der Waals surface area contributed by atoms with Gasteiger partial charge in [0.05, 0.1) is 13.2 Å². The van der Waals surface area contributed by atoms with Crippen LogP contribution in [0.25, 0.3) is 22.3 Å². The van der Waals surface area contributed by atoms with E-state index in [4.69, 9.17) is 9.47 Å². The molecule has 0 unspecified atom stereocenters. The lowest BCUT2D eigenvalue weighted by molar-refractivity contribution is 0.304. The molecule has 0 aliphatic carbocycles. The minimum atomic E-state index is 0.751. The molecule has 0 radical (unpaired) electrons. The fourth-order valence-corrected chi connectivity index (χ4v) is 3.66. The van der Waals surface area contributed by atoms with E-state index >= 15 is 0 Å². The Morgan fingerprint density at radius 2 is 1.06 bits per heavy atom. The first-order chi connectivity index (χ1) is 15.3. The van der Waals surface area contributed by atoms with Gasteiger partial charge in [0.25, 0.3) is 0 Å². The highest BCUT2D eigenvalue weighted by molar-refractivity contribution is 5.71. The van der Waals surface area contributed by atoms with Gasteiger partial charge in [0.15, 0.2) is 0 Å². The molecule has 3 aromatic carbocycles. The van der Waals surface area contributed by atoms with Crippen molar-refractivity contribution >= 4 is 0 Å². The second-order valence-electron chi connectivity index (χ2n) is 8.09. The van der Waals surface area contributed by atoms with Crippen LogP contribution in [-0.2, 0) is 0 Å². The van der Waals surface area contributed by atoms with Crippen LogP contribution in [0.2, 0.25) is 0 Å². The monoisotopic (exact) mass is 416 g/mol. The normalized spacial score (nSPS) is 10.8. The van der Waals surface area contributed by atoms with Crippen LogP contribution in [-0.4, -0.2) is 13.2 Å². The molecule has 0 saturated heterocycles. The van der Waals surface area contributed by atoms with Gasteiger partial charge in [-0.3, -0.25) is 0 Å². The molecule has 0 spiro atoms. The second-order valence-corrected chi connectivity index (χ2v) is 8.09. The van der Waals surface area contributed by atoms with Gasteiger partial charge in [-0.05, 0) is 59.4 Å². The Balaban J connectivity index is 1.53.